The Morgan fingerprint density at radius 2 is 2.06 bits per heavy atom. The molecule has 0 aliphatic rings. The fourth-order valence-electron chi connectivity index (χ4n) is 1.79. The molecule has 0 saturated carbocycles. The van der Waals surface area contributed by atoms with Gasteiger partial charge in [-0.25, -0.2) is 0 Å². The van der Waals surface area contributed by atoms with Crippen molar-refractivity contribution in [3.05, 3.63) is 54.1 Å². The van der Waals surface area contributed by atoms with Crippen LogP contribution in [0.3, 0.4) is 0 Å². The van der Waals surface area contributed by atoms with Gasteiger partial charge in [0, 0.05) is 18.1 Å². The summed E-state index contributed by atoms with van der Waals surface area (Å²) in [6.07, 6.45) is 7.45. The average molecular weight is 227 g/mol. The van der Waals surface area contributed by atoms with Crippen LogP contribution in [-0.2, 0) is 13.0 Å². The summed E-state index contributed by atoms with van der Waals surface area (Å²) in [5.41, 5.74) is 3.51. The molecule has 0 unspecified atom stereocenters. The summed E-state index contributed by atoms with van der Waals surface area (Å²) in [6, 6.07) is 8.42. The Morgan fingerprint density at radius 1 is 1.18 bits per heavy atom. The highest BCUT2D eigenvalue weighted by atomic mass is 14.9. The zero-order valence-electron chi connectivity index (χ0n) is 10.1. The van der Waals surface area contributed by atoms with Crippen molar-refractivity contribution >= 4 is 5.69 Å². The maximum Gasteiger partial charge on any atom is 0.0777 e. The minimum Gasteiger partial charge on any atom is -0.379 e. The normalized spacial score (nSPS) is 10.2. The van der Waals surface area contributed by atoms with Crippen LogP contribution in [0.25, 0.3) is 0 Å². The van der Waals surface area contributed by atoms with Gasteiger partial charge in [-0.05, 0) is 18.1 Å². The van der Waals surface area contributed by atoms with Crippen LogP contribution in [0.15, 0.2) is 42.9 Å². The molecule has 0 aliphatic carbocycles. The second-order valence-electron chi connectivity index (χ2n) is 3.96. The standard InChI is InChI=1S/C14H17N3/c1-2-5-12-6-3-4-7-14(12)17-11-13-10-15-8-9-16-13/h3-4,6-10,17H,2,5,11H2,1H3. The Hall–Kier alpha value is -1.90. The first-order valence-corrected chi connectivity index (χ1v) is 5.97. The lowest BCUT2D eigenvalue weighted by molar-refractivity contribution is 0.916. The van der Waals surface area contributed by atoms with Crippen molar-refractivity contribution in [2.75, 3.05) is 5.32 Å². The van der Waals surface area contributed by atoms with Gasteiger partial charge < -0.3 is 5.32 Å². The molecule has 2 rings (SSSR count). The highest BCUT2D eigenvalue weighted by molar-refractivity contribution is 5.51. The summed E-state index contributed by atoms with van der Waals surface area (Å²) in [4.78, 5) is 8.30. The van der Waals surface area contributed by atoms with Crippen LogP contribution in [0, 0.1) is 0 Å². The molecular formula is C14H17N3. The summed E-state index contributed by atoms with van der Waals surface area (Å²) < 4.78 is 0. The van der Waals surface area contributed by atoms with Gasteiger partial charge >= 0.3 is 0 Å². The third-order valence-electron chi connectivity index (χ3n) is 2.61. The zero-order chi connectivity index (χ0) is 11.9. The highest BCUT2D eigenvalue weighted by Gasteiger charge is 2.00. The number of para-hydroxylation sites is 1. The first kappa shape index (κ1) is 11.6. The number of anilines is 1. The monoisotopic (exact) mass is 227 g/mol. The number of hydrogen-bond donors (Lipinski definition) is 1. The molecule has 3 heteroatoms. The number of nitrogens with one attached hydrogen (secondary N) is 1. The van der Waals surface area contributed by atoms with Gasteiger partial charge in [0.05, 0.1) is 18.4 Å². The Kier molecular flexibility index (Phi) is 4.08. The van der Waals surface area contributed by atoms with Gasteiger partial charge in [0.25, 0.3) is 0 Å². The molecule has 1 aromatic carbocycles. The van der Waals surface area contributed by atoms with Crippen LogP contribution >= 0.6 is 0 Å². The SMILES string of the molecule is CCCc1ccccc1NCc1cnccn1. The average Bonchev–Trinajstić information content (AvgIpc) is 2.39. The van der Waals surface area contributed by atoms with Crippen molar-refractivity contribution in [3.8, 4) is 0 Å². The summed E-state index contributed by atoms with van der Waals surface area (Å²) in [5, 5.41) is 3.41. The van der Waals surface area contributed by atoms with Gasteiger partial charge in [0.15, 0.2) is 0 Å². The zero-order valence-corrected chi connectivity index (χ0v) is 10.1. The summed E-state index contributed by atoms with van der Waals surface area (Å²) in [5.74, 6) is 0. The highest BCUT2D eigenvalue weighted by Crippen LogP contribution is 2.17. The molecule has 0 spiro atoms. The van der Waals surface area contributed by atoms with Crippen molar-refractivity contribution in [3.63, 3.8) is 0 Å². The van der Waals surface area contributed by atoms with E-state index in [1.54, 1.807) is 18.6 Å². The van der Waals surface area contributed by atoms with Gasteiger partial charge in [-0.3, -0.25) is 9.97 Å². The molecule has 0 radical (unpaired) electrons. The van der Waals surface area contributed by atoms with Crippen molar-refractivity contribution in [1.82, 2.24) is 9.97 Å². The summed E-state index contributed by atoms with van der Waals surface area (Å²) in [7, 11) is 0. The van der Waals surface area contributed by atoms with E-state index in [0.29, 0.717) is 6.54 Å². The van der Waals surface area contributed by atoms with E-state index in [-0.39, 0.29) is 0 Å². The van der Waals surface area contributed by atoms with Gasteiger partial charge in [0.1, 0.15) is 0 Å². The molecule has 0 atom stereocenters. The molecule has 3 nitrogen and oxygen atoms in total. The molecule has 1 heterocycles. The van der Waals surface area contributed by atoms with Gasteiger partial charge in [-0.15, -0.1) is 0 Å². The van der Waals surface area contributed by atoms with Crippen LogP contribution in [0.4, 0.5) is 5.69 Å². The topological polar surface area (TPSA) is 37.8 Å². The molecule has 0 bridgehead atoms. The Morgan fingerprint density at radius 3 is 2.82 bits per heavy atom. The summed E-state index contributed by atoms with van der Waals surface area (Å²) in [6.45, 7) is 2.91. The Labute approximate surface area is 102 Å². The maximum atomic E-state index is 4.24. The van der Waals surface area contributed by atoms with E-state index in [0.717, 1.165) is 18.5 Å². The van der Waals surface area contributed by atoms with Crippen molar-refractivity contribution in [1.29, 1.82) is 0 Å². The molecule has 1 aromatic heterocycles. The van der Waals surface area contributed by atoms with E-state index in [9.17, 15) is 0 Å². The van der Waals surface area contributed by atoms with Crippen LogP contribution in [0.2, 0.25) is 0 Å². The van der Waals surface area contributed by atoms with E-state index < -0.39 is 0 Å². The quantitative estimate of drug-likeness (QED) is 0.853. The van der Waals surface area contributed by atoms with Crippen LogP contribution in [0.1, 0.15) is 24.6 Å². The molecular weight excluding hydrogens is 210 g/mol. The number of aromatic nitrogens is 2. The number of nitrogens with zero attached hydrogens (tertiary/aromatic N) is 2. The van der Waals surface area contributed by atoms with Gasteiger partial charge in [-0.1, -0.05) is 31.5 Å². The van der Waals surface area contributed by atoms with E-state index in [2.05, 4.69) is 46.5 Å². The first-order valence-electron chi connectivity index (χ1n) is 5.97. The van der Waals surface area contributed by atoms with Crippen LogP contribution < -0.4 is 5.32 Å². The molecule has 0 fully saturated rings. The van der Waals surface area contributed by atoms with Gasteiger partial charge in [0.2, 0.25) is 0 Å². The lowest BCUT2D eigenvalue weighted by Gasteiger charge is -2.10. The van der Waals surface area contributed by atoms with Crippen LogP contribution in [0.5, 0.6) is 0 Å². The number of aryl methyl sites for hydroxylation is 1. The Balaban J connectivity index is 2.03. The number of hydrogen-bond acceptors (Lipinski definition) is 3. The first-order chi connectivity index (χ1) is 8.40. The molecule has 2 aromatic rings. The fourth-order valence-corrected chi connectivity index (χ4v) is 1.79. The van der Waals surface area contributed by atoms with Crippen molar-refractivity contribution in [2.24, 2.45) is 0 Å². The predicted molar refractivity (Wildman–Crippen MR) is 69.8 cm³/mol. The third-order valence-corrected chi connectivity index (χ3v) is 2.61. The van der Waals surface area contributed by atoms with Crippen molar-refractivity contribution < 1.29 is 0 Å². The largest absolute Gasteiger partial charge is 0.379 e. The molecule has 17 heavy (non-hydrogen) atoms. The van der Waals surface area contributed by atoms with E-state index >= 15 is 0 Å². The van der Waals surface area contributed by atoms with Crippen molar-refractivity contribution in [2.45, 2.75) is 26.3 Å². The second kappa shape index (κ2) is 5.99. The van der Waals surface area contributed by atoms with E-state index in [4.69, 9.17) is 0 Å². The predicted octanol–water partition coefficient (Wildman–Crippen LogP) is 3.04. The molecule has 0 aliphatic heterocycles. The molecule has 0 saturated heterocycles. The number of rotatable bonds is 5. The van der Waals surface area contributed by atoms with Crippen LogP contribution in [-0.4, -0.2) is 9.97 Å². The molecule has 0 amide bonds. The van der Waals surface area contributed by atoms with Gasteiger partial charge in [-0.2, -0.15) is 0 Å². The Bertz CT molecular complexity index is 454. The summed E-state index contributed by atoms with van der Waals surface area (Å²) >= 11 is 0. The lowest BCUT2D eigenvalue weighted by Crippen LogP contribution is -2.04. The molecule has 88 valence electrons. The maximum absolute atomic E-state index is 4.24. The second-order valence-corrected chi connectivity index (χ2v) is 3.96. The minimum absolute atomic E-state index is 0.717. The number of benzene rings is 1. The fraction of sp³-hybridized carbons (Fsp3) is 0.286. The third kappa shape index (κ3) is 3.28. The molecule has 1 N–H and O–H groups in total. The minimum atomic E-state index is 0.717. The smallest absolute Gasteiger partial charge is 0.0777 e. The van der Waals surface area contributed by atoms with E-state index in [1.165, 1.54) is 11.3 Å². The lowest BCUT2D eigenvalue weighted by atomic mass is 10.1. The van der Waals surface area contributed by atoms with E-state index in [1.807, 2.05) is 0 Å².